The van der Waals surface area contributed by atoms with Crippen LogP contribution in [0.3, 0.4) is 0 Å². The number of aryl methyl sites for hydroxylation is 1. The average molecular weight is 321 g/mol. The Bertz CT molecular complexity index is 649. The molecule has 0 radical (unpaired) electrons. The summed E-state index contributed by atoms with van der Waals surface area (Å²) >= 11 is 0. The third kappa shape index (κ3) is 4.44. The fraction of sp³-hybridized carbons (Fsp3) is 0.455. The summed E-state index contributed by atoms with van der Waals surface area (Å²) in [4.78, 5) is -0.0131. The lowest BCUT2D eigenvalue weighted by molar-refractivity contribution is 0.576. The zero-order valence-electron chi connectivity index (χ0n) is 11.4. The van der Waals surface area contributed by atoms with Gasteiger partial charge in [-0.1, -0.05) is 19.1 Å². The van der Waals surface area contributed by atoms with Gasteiger partial charge in [-0.3, -0.25) is 0 Å². The van der Waals surface area contributed by atoms with Crippen molar-refractivity contribution >= 4 is 25.7 Å². The lowest BCUT2D eigenvalue weighted by Crippen LogP contribution is -2.34. The van der Waals surface area contributed by atoms with Gasteiger partial charge >= 0.3 is 0 Å². The SMILES string of the molecule is CCNS(=O)(=O)CCNS(=O)(=O)c1c(C)cccc1N. The predicted octanol–water partition coefficient (Wildman–Crippen LogP) is -0.205. The first-order valence-electron chi connectivity index (χ1n) is 6.01. The second-order valence-electron chi connectivity index (χ2n) is 4.21. The molecule has 0 spiro atoms. The molecule has 7 nitrogen and oxygen atoms in total. The van der Waals surface area contributed by atoms with Crippen LogP contribution in [0.5, 0.6) is 0 Å². The lowest BCUT2D eigenvalue weighted by Gasteiger charge is -2.11. The molecule has 9 heteroatoms. The van der Waals surface area contributed by atoms with Crippen LogP contribution in [0.25, 0.3) is 0 Å². The molecular weight excluding hydrogens is 302 g/mol. The van der Waals surface area contributed by atoms with Crippen molar-refractivity contribution < 1.29 is 16.8 Å². The molecular formula is C11H19N3O4S2. The van der Waals surface area contributed by atoms with Gasteiger partial charge in [-0.2, -0.15) is 0 Å². The Hall–Kier alpha value is -1.16. The molecule has 0 amide bonds. The fourth-order valence-corrected chi connectivity index (χ4v) is 4.19. The van der Waals surface area contributed by atoms with E-state index in [0.717, 1.165) is 0 Å². The van der Waals surface area contributed by atoms with Crippen LogP contribution in [0.15, 0.2) is 23.1 Å². The minimum Gasteiger partial charge on any atom is -0.398 e. The predicted molar refractivity (Wildman–Crippen MR) is 78.2 cm³/mol. The van der Waals surface area contributed by atoms with E-state index in [1.54, 1.807) is 26.0 Å². The van der Waals surface area contributed by atoms with Crippen LogP contribution in [-0.2, 0) is 20.0 Å². The number of anilines is 1. The molecule has 1 aromatic rings. The molecule has 0 atom stereocenters. The normalized spacial score (nSPS) is 12.5. The number of hydrogen-bond donors (Lipinski definition) is 3. The summed E-state index contributed by atoms with van der Waals surface area (Å²) in [7, 11) is -7.29. The quantitative estimate of drug-likeness (QED) is 0.601. The van der Waals surface area contributed by atoms with Crippen LogP contribution in [0.1, 0.15) is 12.5 Å². The first-order valence-corrected chi connectivity index (χ1v) is 9.15. The molecule has 4 N–H and O–H groups in total. The van der Waals surface area contributed by atoms with Crippen molar-refractivity contribution in [2.24, 2.45) is 0 Å². The smallest absolute Gasteiger partial charge is 0.242 e. The summed E-state index contributed by atoms with van der Waals surface area (Å²) in [5.41, 5.74) is 6.30. The van der Waals surface area contributed by atoms with Gasteiger partial charge in [0.25, 0.3) is 0 Å². The van der Waals surface area contributed by atoms with E-state index in [2.05, 4.69) is 9.44 Å². The summed E-state index contributed by atoms with van der Waals surface area (Å²) in [6, 6.07) is 4.76. The third-order valence-electron chi connectivity index (χ3n) is 2.54. The summed E-state index contributed by atoms with van der Waals surface area (Å²) in [5, 5.41) is 0. The molecule has 114 valence electrons. The molecule has 0 aliphatic rings. The van der Waals surface area contributed by atoms with Crippen LogP contribution in [0.2, 0.25) is 0 Å². The molecule has 1 rings (SSSR count). The number of benzene rings is 1. The zero-order chi connectivity index (χ0) is 15.4. The highest BCUT2D eigenvalue weighted by atomic mass is 32.2. The monoisotopic (exact) mass is 321 g/mol. The Kier molecular flexibility index (Phi) is 5.51. The highest BCUT2D eigenvalue weighted by Crippen LogP contribution is 2.21. The Labute approximate surface area is 119 Å². The first kappa shape index (κ1) is 16.9. The molecule has 0 saturated carbocycles. The molecule has 0 saturated heterocycles. The maximum absolute atomic E-state index is 12.1. The van der Waals surface area contributed by atoms with E-state index in [1.165, 1.54) is 6.07 Å². The van der Waals surface area contributed by atoms with E-state index in [0.29, 0.717) is 5.56 Å². The standard InChI is InChI=1S/C11H19N3O4S2/c1-3-13-19(15,16)8-7-14-20(17,18)11-9(2)5-4-6-10(11)12/h4-6,13-14H,3,7-8,12H2,1-2H3. The summed E-state index contributed by atoms with van der Waals surface area (Å²) < 4.78 is 51.6. The van der Waals surface area contributed by atoms with Crippen molar-refractivity contribution in [1.29, 1.82) is 0 Å². The molecule has 0 fully saturated rings. The van der Waals surface area contributed by atoms with Gasteiger partial charge in [-0.25, -0.2) is 26.3 Å². The van der Waals surface area contributed by atoms with E-state index in [1.807, 2.05) is 0 Å². The van der Waals surface area contributed by atoms with Crippen molar-refractivity contribution in [1.82, 2.24) is 9.44 Å². The molecule has 0 aliphatic carbocycles. The fourth-order valence-electron chi connectivity index (χ4n) is 1.72. The van der Waals surface area contributed by atoms with Crippen LogP contribution >= 0.6 is 0 Å². The summed E-state index contributed by atoms with van der Waals surface area (Å²) in [5.74, 6) is -0.328. The Morgan fingerprint density at radius 3 is 2.35 bits per heavy atom. The summed E-state index contributed by atoms with van der Waals surface area (Å²) in [6.45, 7) is 3.32. The highest BCUT2D eigenvalue weighted by molar-refractivity contribution is 7.90. The Balaban J connectivity index is 2.82. The molecule has 0 bridgehead atoms. The minimum atomic E-state index is -3.83. The van der Waals surface area contributed by atoms with Crippen molar-refractivity contribution in [3.05, 3.63) is 23.8 Å². The van der Waals surface area contributed by atoms with Gasteiger partial charge in [-0.15, -0.1) is 0 Å². The molecule has 0 aromatic heterocycles. The van der Waals surface area contributed by atoms with Crippen molar-refractivity contribution in [3.63, 3.8) is 0 Å². The van der Waals surface area contributed by atoms with Crippen molar-refractivity contribution in [2.45, 2.75) is 18.7 Å². The second kappa shape index (κ2) is 6.53. The molecule has 0 unspecified atom stereocenters. The van der Waals surface area contributed by atoms with Crippen LogP contribution in [0.4, 0.5) is 5.69 Å². The van der Waals surface area contributed by atoms with E-state index >= 15 is 0 Å². The largest absolute Gasteiger partial charge is 0.398 e. The summed E-state index contributed by atoms with van der Waals surface area (Å²) in [6.07, 6.45) is 0. The number of nitrogens with one attached hydrogen (secondary N) is 2. The van der Waals surface area contributed by atoms with E-state index in [4.69, 9.17) is 5.73 Å². The molecule has 20 heavy (non-hydrogen) atoms. The van der Waals surface area contributed by atoms with E-state index in [9.17, 15) is 16.8 Å². The van der Waals surface area contributed by atoms with Gasteiger partial charge in [0.15, 0.2) is 0 Å². The topological polar surface area (TPSA) is 118 Å². The number of hydrogen-bond acceptors (Lipinski definition) is 5. The Morgan fingerprint density at radius 1 is 1.15 bits per heavy atom. The van der Waals surface area contributed by atoms with Crippen molar-refractivity contribution in [2.75, 3.05) is 24.6 Å². The van der Waals surface area contributed by atoms with Crippen LogP contribution in [-0.4, -0.2) is 35.7 Å². The highest BCUT2D eigenvalue weighted by Gasteiger charge is 2.20. The second-order valence-corrected chi connectivity index (χ2v) is 7.84. The van der Waals surface area contributed by atoms with Gasteiger partial charge in [0.2, 0.25) is 20.0 Å². The molecule has 0 aliphatic heterocycles. The van der Waals surface area contributed by atoms with E-state index in [-0.39, 0.29) is 29.4 Å². The number of rotatable bonds is 7. The van der Waals surface area contributed by atoms with Crippen molar-refractivity contribution in [3.8, 4) is 0 Å². The van der Waals surface area contributed by atoms with Gasteiger partial charge in [0.1, 0.15) is 4.90 Å². The van der Waals surface area contributed by atoms with Gasteiger partial charge in [0, 0.05) is 13.1 Å². The van der Waals surface area contributed by atoms with Gasteiger partial charge in [0.05, 0.1) is 11.4 Å². The van der Waals surface area contributed by atoms with E-state index < -0.39 is 20.0 Å². The maximum atomic E-state index is 12.1. The number of nitrogen functional groups attached to an aromatic ring is 1. The zero-order valence-corrected chi connectivity index (χ0v) is 13.0. The number of nitrogens with two attached hydrogens (primary N) is 1. The molecule has 1 aromatic carbocycles. The van der Waals surface area contributed by atoms with Crippen LogP contribution < -0.4 is 15.2 Å². The Morgan fingerprint density at radius 2 is 1.80 bits per heavy atom. The maximum Gasteiger partial charge on any atom is 0.242 e. The van der Waals surface area contributed by atoms with Gasteiger partial charge < -0.3 is 5.73 Å². The minimum absolute atomic E-state index is 0.0131. The third-order valence-corrected chi connectivity index (χ3v) is 5.69. The van der Waals surface area contributed by atoms with Crippen LogP contribution in [0, 0.1) is 6.92 Å². The average Bonchev–Trinajstić information content (AvgIpc) is 2.27. The molecule has 0 heterocycles. The number of sulfonamides is 2. The first-order chi connectivity index (χ1) is 9.19. The van der Waals surface area contributed by atoms with Gasteiger partial charge in [-0.05, 0) is 18.6 Å². The lowest BCUT2D eigenvalue weighted by atomic mass is 10.2.